The van der Waals surface area contributed by atoms with Gasteiger partial charge in [-0.3, -0.25) is 0 Å². The second-order valence-electron chi connectivity index (χ2n) is 5.65. The summed E-state index contributed by atoms with van der Waals surface area (Å²) in [4.78, 5) is 4.43. The summed E-state index contributed by atoms with van der Waals surface area (Å²) in [6, 6.07) is 6.19. The van der Waals surface area contributed by atoms with Gasteiger partial charge in [0.25, 0.3) is 0 Å². The first-order valence-corrected chi connectivity index (χ1v) is 7.63. The Kier molecular flexibility index (Phi) is 4.32. The number of nitrogens with one attached hydrogen (secondary N) is 1. The molecule has 0 bridgehead atoms. The van der Waals surface area contributed by atoms with Crippen LogP contribution in [-0.2, 0) is 6.42 Å². The standard InChI is InChI=1S/C16H13ClFN5O/c1-8(2)5-13-15(14-12(7-19)21-23-22-14)20-16(24-13)9-3-4-11(18)10(17)6-9/h3-4,6,8H,5H2,1-2H3,(H,21,22,23). The van der Waals surface area contributed by atoms with E-state index < -0.39 is 5.82 Å². The SMILES string of the molecule is CC(C)Cc1oc(-c2ccc(F)c(Cl)c2)nc1-c1n[nH]nc1C#N. The molecule has 0 saturated carbocycles. The van der Waals surface area contributed by atoms with Crippen molar-refractivity contribution < 1.29 is 8.81 Å². The summed E-state index contributed by atoms with van der Waals surface area (Å²) in [5, 5.41) is 19.3. The Labute approximate surface area is 142 Å². The number of nitrogens with zero attached hydrogens (tertiary/aromatic N) is 4. The Balaban J connectivity index is 2.13. The van der Waals surface area contributed by atoms with Crippen molar-refractivity contribution in [3.63, 3.8) is 0 Å². The molecule has 1 N–H and O–H groups in total. The molecule has 0 unspecified atom stereocenters. The zero-order chi connectivity index (χ0) is 17.3. The summed E-state index contributed by atoms with van der Waals surface area (Å²) in [5.41, 5.74) is 1.46. The molecule has 6 nitrogen and oxygen atoms in total. The van der Waals surface area contributed by atoms with Gasteiger partial charge in [-0.05, 0) is 24.1 Å². The highest BCUT2D eigenvalue weighted by molar-refractivity contribution is 6.31. The maximum Gasteiger partial charge on any atom is 0.226 e. The second kappa shape index (κ2) is 6.42. The van der Waals surface area contributed by atoms with E-state index in [1.54, 1.807) is 0 Å². The molecule has 0 aliphatic carbocycles. The molecular weight excluding hydrogens is 333 g/mol. The van der Waals surface area contributed by atoms with Gasteiger partial charge in [-0.25, -0.2) is 9.37 Å². The lowest BCUT2D eigenvalue weighted by Gasteiger charge is -2.02. The van der Waals surface area contributed by atoms with Gasteiger partial charge in [0.05, 0.1) is 5.02 Å². The van der Waals surface area contributed by atoms with Crippen molar-refractivity contribution in [1.82, 2.24) is 20.4 Å². The van der Waals surface area contributed by atoms with Crippen LogP contribution in [-0.4, -0.2) is 20.4 Å². The Morgan fingerprint density at radius 2 is 2.12 bits per heavy atom. The number of hydrogen-bond donors (Lipinski definition) is 1. The first-order valence-electron chi connectivity index (χ1n) is 7.26. The van der Waals surface area contributed by atoms with E-state index in [4.69, 9.17) is 21.3 Å². The molecule has 0 aliphatic rings. The summed E-state index contributed by atoms with van der Waals surface area (Å²) in [6.45, 7) is 4.07. The van der Waals surface area contributed by atoms with E-state index in [9.17, 15) is 4.39 Å². The highest BCUT2D eigenvalue weighted by Gasteiger charge is 2.22. The monoisotopic (exact) mass is 345 g/mol. The van der Waals surface area contributed by atoms with Crippen LogP contribution in [0.5, 0.6) is 0 Å². The van der Waals surface area contributed by atoms with Crippen LogP contribution in [0.3, 0.4) is 0 Å². The second-order valence-corrected chi connectivity index (χ2v) is 6.06. The molecule has 0 spiro atoms. The molecule has 0 aliphatic heterocycles. The molecule has 3 rings (SSSR count). The summed E-state index contributed by atoms with van der Waals surface area (Å²) in [6.07, 6.45) is 0.606. The van der Waals surface area contributed by atoms with Gasteiger partial charge in [-0.15, -0.1) is 5.10 Å². The Morgan fingerprint density at radius 1 is 1.33 bits per heavy atom. The third-order valence-electron chi connectivity index (χ3n) is 3.34. The third-order valence-corrected chi connectivity index (χ3v) is 3.63. The number of benzene rings is 1. The minimum absolute atomic E-state index is 0.0168. The molecule has 0 amide bonds. The average molecular weight is 346 g/mol. The van der Waals surface area contributed by atoms with E-state index in [1.807, 2.05) is 19.9 Å². The average Bonchev–Trinajstić information content (AvgIpc) is 3.15. The lowest BCUT2D eigenvalue weighted by atomic mass is 10.1. The molecule has 3 aromatic rings. The summed E-state index contributed by atoms with van der Waals surface area (Å²) in [5.74, 6) is 0.664. The van der Waals surface area contributed by atoms with Gasteiger partial charge in [0, 0.05) is 12.0 Å². The van der Waals surface area contributed by atoms with Crippen molar-refractivity contribution in [2.24, 2.45) is 5.92 Å². The van der Waals surface area contributed by atoms with Gasteiger partial charge < -0.3 is 4.42 Å². The third kappa shape index (κ3) is 3.01. The molecule has 8 heteroatoms. The lowest BCUT2D eigenvalue weighted by molar-refractivity contribution is 0.480. The van der Waals surface area contributed by atoms with Gasteiger partial charge in [0.2, 0.25) is 5.89 Å². The minimum Gasteiger partial charge on any atom is -0.440 e. The highest BCUT2D eigenvalue weighted by atomic mass is 35.5. The molecule has 1 aromatic carbocycles. The lowest BCUT2D eigenvalue weighted by Crippen LogP contribution is -1.95. The minimum atomic E-state index is -0.516. The first kappa shape index (κ1) is 16.1. The van der Waals surface area contributed by atoms with Gasteiger partial charge in [0.15, 0.2) is 11.4 Å². The molecule has 2 aromatic heterocycles. The zero-order valence-electron chi connectivity index (χ0n) is 13.0. The molecule has 0 saturated heterocycles. The van der Waals surface area contributed by atoms with Crippen molar-refractivity contribution in [2.75, 3.05) is 0 Å². The number of hydrogen-bond acceptors (Lipinski definition) is 5. The quantitative estimate of drug-likeness (QED) is 0.771. The maximum absolute atomic E-state index is 13.4. The number of H-pyrrole nitrogens is 1. The zero-order valence-corrected chi connectivity index (χ0v) is 13.7. The molecular formula is C16H13ClFN5O. The fourth-order valence-corrected chi connectivity index (χ4v) is 2.45. The van der Waals surface area contributed by atoms with Crippen LogP contribution in [0.15, 0.2) is 22.6 Å². The predicted octanol–water partition coefficient (Wildman–Crippen LogP) is 3.99. The summed E-state index contributed by atoms with van der Waals surface area (Å²) in [7, 11) is 0. The maximum atomic E-state index is 13.4. The highest BCUT2D eigenvalue weighted by Crippen LogP contribution is 2.32. The largest absolute Gasteiger partial charge is 0.440 e. The molecule has 0 fully saturated rings. The van der Waals surface area contributed by atoms with Gasteiger partial charge in [0.1, 0.15) is 23.3 Å². The number of aromatic amines is 1. The van der Waals surface area contributed by atoms with E-state index in [0.29, 0.717) is 35.1 Å². The normalized spacial score (nSPS) is 11.0. The van der Waals surface area contributed by atoms with Crippen LogP contribution in [0.25, 0.3) is 22.8 Å². The molecule has 0 atom stereocenters. The predicted molar refractivity (Wildman–Crippen MR) is 85.5 cm³/mol. The van der Waals surface area contributed by atoms with Crippen molar-refractivity contribution in [2.45, 2.75) is 20.3 Å². The van der Waals surface area contributed by atoms with E-state index in [1.165, 1.54) is 18.2 Å². The summed E-state index contributed by atoms with van der Waals surface area (Å²) < 4.78 is 19.2. The number of oxazole rings is 1. The Hall–Kier alpha value is -2.72. The van der Waals surface area contributed by atoms with E-state index in [2.05, 4.69) is 20.4 Å². The Bertz CT molecular complexity index is 925. The van der Waals surface area contributed by atoms with Gasteiger partial charge in [-0.2, -0.15) is 15.6 Å². The van der Waals surface area contributed by atoms with Crippen molar-refractivity contribution in [3.8, 4) is 28.9 Å². The van der Waals surface area contributed by atoms with Crippen molar-refractivity contribution in [3.05, 3.63) is 40.5 Å². The first-order chi connectivity index (χ1) is 11.5. The number of aromatic nitrogens is 4. The van der Waals surface area contributed by atoms with Crippen LogP contribution in [0.4, 0.5) is 4.39 Å². The number of halogens is 2. The molecule has 122 valence electrons. The van der Waals surface area contributed by atoms with E-state index in [0.717, 1.165) is 0 Å². The van der Waals surface area contributed by atoms with Crippen molar-refractivity contribution in [1.29, 1.82) is 5.26 Å². The van der Waals surface area contributed by atoms with Crippen LogP contribution in [0, 0.1) is 23.1 Å². The smallest absolute Gasteiger partial charge is 0.226 e. The molecule has 0 radical (unpaired) electrons. The van der Waals surface area contributed by atoms with Crippen molar-refractivity contribution >= 4 is 11.6 Å². The van der Waals surface area contributed by atoms with Crippen LogP contribution in [0.1, 0.15) is 25.3 Å². The van der Waals surface area contributed by atoms with Gasteiger partial charge in [-0.1, -0.05) is 25.4 Å². The fraction of sp³-hybridized carbons (Fsp3) is 0.250. The number of nitriles is 1. The topological polar surface area (TPSA) is 91.4 Å². The van der Waals surface area contributed by atoms with E-state index >= 15 is 0 Å². The Morgan fingerprint density at radius 3 is 2.79 bits per heavy atom. The van der Waals surface area contributed by atoms with E-state index in [-0.39, 0.29) is 16.6 Å². The molecule has 24 heavy (non-hydrogen) atoms. The number of rotatable bonds is 4. The van der Waals surface area contributed by atoms with Crippen LogP contribution in [0.2, 0.25) is 5.02 Å². The molecule has 2 heterocycles. The van der Waals surface area contributed by atoms with Crippen LogP contribution >= 0.6 is 11.6 Å². The van der Waals surface area contributed by atoms with Crippen LogP contribution < -0.4 is 0 Å². The fourth-order valence-electron chi connectivity index (χ4n) is 2.27. The summed E-state index contributed by atoms with van der Waals surface area (Å²) >= 11 is 5.83. The van der Waals surface area contributed by atoms with Gasteiger partial charge >= 0.3 is 0 Å².